The van der Waals surface area contributed by atoms with Crippen LogP contribution in [0.5, 0.6) is 0 Å². The van der Waals surface area contributed by atoms with Crippen LogP contribution in [0.3, 0.4) is 0 Å². The summed E-state index contributed by atoms with van der Waals surface area (Å²) in [6, 6.07) is -1.09. The van der Waals surface area contributed by atoms with Crippen molar-refractivity contribution < 1.29 is 29.2 Å². The van der Waals surface area contributed by atoms with Crippen molar-refractivity contribution in [1.29, 1.82) is 0 Å². The van der Waals surface area contributed by atoms with Crippen LogP contribution in [0.25, 0.3) is 0 Å². The van der Waals surface area contributed by atoms with Gasteiger partial charge in [0, 0.05) is 12.6 Å². The first kappa shape index (κ1) is 18.9. The molecule has 0 aromatic carbocycles. The third-order valence-corrected chi connectivity index (χ3v) is 5.07. The van der Waals surface area contributed by atoms with Crippen molar-refractivity contribution in [3.63, 3.8) is 0 Å². The molecule has 3 rings (SSSR count). The number of rotatable bonds is 7. The Kier molecular flexibility index (Phi) is 6.28. The maximum absolute atomic E-state index is 12.4. The Morgan fingerprint density at radius 3 is 2.88 bits per heavy atom. The van der Waals surface area contributed by atoms with E-state index in [0.29, 0.717) is 26.0 Å². The van der Waals surface area contributed by atoms with Gasteiger partial charge in [-0.25, -0.2) is 15.1 Å². The fourth-order valence-corrected chi connectivity index (χ4v) is 3.72. The van der Waals surface area contributed by atoms with Crippen LogP contribution in [0.15, 0.2) is 0 Å². The number of nitrogens with zero attached hydrogens (tertiary/aromatic N) is 2. The maximum Gasteiger partial charge on any atom is 0.345 e. The molecule has 2 bridgehead atoms. The molecule has 3 aliphatic heterocycles. The molecule has 0 aliphatic carbocycles. The molecular formula is C16H26N4O6. The molecule has 2 unspecified atom stereocenters. The van der Waals surface area contributed by atoms with Gasteiger partial charge >= 0.3 is 12.0 Å². The highest BCUT2D eigenvalue weighted by Crippen LogP contribution is 2.30. The lowest BCUT2D eigenvalue weighted by molar-refractivity contribution is -0.167. The van der Waals surface area contributed by atoms with Crippen LogP contribution in [0.4, 0.5) is 4.79 Å². The first-order valence-electron chi connectivity index (χ1n) is 9.16. The Hall–Kier alpha value is -1.91. The second-order valence-corrected chi connectivity index (χ2v) is 6.95. The van der Waals surface area contributed by atoms with Crippen molar-refractivity contribution in [2.45, 2.75) is 56.7 Å². The molecule has 146 valence electrons. The number of carbonyl (C=O) groups is 3. The van der Waals surface area contributed by atoms with E-state index < -0.39 is 24.6 Å². The van der Waals surface area contributed by atoms with Crippen molar-refractivity contribution in [2.75, 3.05) is 26.3 Å². The summed E-state index contributed by atoms with van der Waals surface area (Å²) in [6.07, 6.45) is 5.58. The molecule has 0 saturated carbocycles. The van der Waals surface area contributed by atoms with Gasteiger partial charge in [0.2, 0.25) is 0 Å². The zero-order valence-electron chi connectivity index (χ0n) is 14.7. The number of carboxylic acid groups (broad SMARTS) is 1. The van der Waals surface area contributed by atoms with Gasteiger partial charge < -0.3 is 15.3 Å². The third kappa shape index (κ3) is 4.43. The number of nitrogens with one attached hydrogen (secondary N) is 2. The Labute approximate surface area is 151 Å². The standard InChI is InChI=1S/C16H26N4O6/c21-14(22)10-26-20-12-5-6-13(19(8-12)16(20)24)15(23)18-25-9-11-4-2-1-3-7-17-11/h11-13,17H,1-10H2,(H,18,23)(H,21,22)/t11-,12?,13?/m1/s1. The summed E-state index contributed by atoms with van der Waals surface area (Å²) in [5, 5.41) is 13.2. The summed E-state index contributed by atoms with van der Waals surface area (Å²) in [4.78, 5) is 47.3. The molecule has 3 saturated heterocycles. The Morgan fingerprint density at radius 2 is 2.08 bits per heavy atom. The summed E-state index contributed by atoms with van der Waals surface area (Å²) in [7, 11) is 0. The van der Waals surface area contributed by atoms with Gasteiger partial charge in [-0.1, -0.05) is 12.8 Å². The first-order chi connectivity index (χ1) is 12.6. The maximum atomic E-state index is 12.4. The normalized spacial score (nSPS) is 28.8. The molecule has 0 aromatic rings. The van der Waals surface area contributed by atoms with Crippen LogP contribution in [-0.4, -0.2) is 77.4 Å². The number of hydroxylamine groups is 3. The van der Waals surface area contributed by atoms with Crippen molar-refractivity contribution >= 4 is 17.9 Å². The van der Waals surface area contributed by atoms with Crippen molar-refractivity contribution in [2.24, 2.45) is 0 Å². The number of fused-ring (bicyclic) bond motifs is 2. The van der Waals surface area contributed by atoms with E-state index in [1.165, 1.54) is 11.3 Å². The number of carbonyl (C=O) groups excluding carboxylic acids is 2. The summed E-state index contributed by atoms with van der Waals surface area (Å²) in [6.45, 7) is 1.12. The zero-order chi connectivity index (χ0) is 18.5. The second-order valence-electron chi connectivity index (χ2n) is 6.95. The molecule has 0 radical (unpaired) electrons. The minimum absolute atomic E-state index is 0.220. The number of carboxylic acids is 1. The molecule has 3 N–H and O–H groups in total. The first-order valence-corrected chi connectivity index (χ1v) is 9.16. The lowest BCUT2D eigenvalue weighted by Gasteiger charge is -2.29. The lowest BCUT2D eigenvalue weighted by atomic mass is 10.0. The highest BCUT2D eigenvalue weighted by molar-refractivity contribution is 5.88. The average Bonchev–Trinajstić information content (AvgIpc) is 2.79. The Morgan fingerprint density at radius 1 is 1.23 bits per heavy atom. The fourth-order valence-electron chi connectivity index (χ4n) is 3.72. The second kappa shape index (κ2) is 8.65. The van der Waals surface area contributed by atoms with Crippen LogP contribution < -0.4 is 10.8 Å². The van der Waals surface area contributed by atoms with Crippen LogP contribution >= 0.6 is 0 Å². The number of hydrogen-bond acceptors (Lipinski definition) is 6. The van der Waals surface area contributed by atoms with E-state index in [4.69, 9.17) is 14.8 Å². The molecule has 3 atom stereocenters. The van der Waals surface area contributed by atoms with Gasteiger partial charge in [0.1, 0.15) is 6.04 Å². The summed E-state index contributed by atoms with van der Waals surface area (Å²) >= 11 is 0. The predicted molar refractivity (Wildman–Crippen MR) is 88.7 cm³/mol. The lowest BCUT2D eigenvalue weighted by Crippen LogP contribution is -2.50. The topological polar surface area (TPSA) is 120 Å². The van der Waals surface area contributed by atoms with E-state index in [1.54, 1.807) is 0 Å². The van der Waals surface area contributed by atoms with Crippen molar-refractivity contribution in [3.8, 4) is 0 Å². The summed E-state index contributed by atoms with van der Waals surface area (Å²) in [5.74, 6) is -1.51. The minimum atomic E-state index is -1.15. The van der Waals surface area contributed by atoms with E-state index in [9.17, 15) is 14.4 Å². The number of piperidine rings is 1. The summed E-state index contributed by atoms with van der Waals surface area (Å²) < 4.78 is 0. The molecular weight excluding hydrogens is 344 g/mol. The van der Waals surface area contributed by atoms with E-state index in [1.807, 2.05) is 0 Å². The highest BCUT2D eigenvalue weighted by atomic mass is 16.7. The Bertz CT molecular complexity index is 537. The van der Waals surface area contributed by atoms with Gasteiger partial charge in [0.15, 0.2) is 6.61 Å². The van der Waals surface area contributed by atoms with Crippen molar-refractivity contribution in [3.05, 3.63) is 0 Å². The van der Waals surface area contributed by atoms with Crippen LogP contribution in [0.1, 0.15) is 38.5 Å². The molecule has 10 nitrogen and oxygen atoms in total. The SMILES string of the molecule is O=C(O)CON1C(=O)N2CC1CCC2C(=O)NOC[C@H]1CCCCCN1. The van der Waals surface area contributed by atoms with Gasteiger partial charge in [-0.05, 0) is 32.2 Å². The molecule has 3 heterocycles. The fraction of sp³-hybridized carbons (Fsp3) is 0.812. The number of aliphatic carboxylic acids is 1. The number of urea groups is 1. The van der Waals surface area contributed by atoms with Crippen LogP contribution in [0.2, 0.25) is 0 Å². The smallest absolute Gasteiger partial charge is 0.345 e. The highest BCUT2D eigenvalue weighted by Gasteiger charge is 2.48. The third-order valence-electron chi connectivity index (χ3n) is 5.07. The molecule has 3 fully saturated rings. The number of hydrogen-bond donors (Lipinski definition) is 3. The molecule has 3 amide bonds. The van der Waals surface area contributed by atoms with Crippen molar-refractivity contribution in [1.82, 2.24) is 20.8 Å². The largest absolute Gasteiger partial charge is 0.479 e. The Balaban J connectivity index is 1.46. The van der Waals surface area contributed by atoms with E-state index >= 15 is 0 Å². The van der Waals surface area contributed by atoms with Crippen LogP contribution in [-0.2, 0) is 19.3 Å². The monoisotopic (exact) mass is 370 g/mol. The van der Waals surface area contributed by atoms with Crippen LogP contribution in [0, 0.1) is 0 Å². The molecule has 26 heavy (non-hydrogen) atoms. The van der Waals surface area contributed by atoms with Gasteiger partial charge in [-0.2, -0.15) is 5.06 Å². The molecule has 0 spiro atoms. The molecule has 0 aromatic heterocycles. The molecule has 10 heteroatoms. The predicted octanol–water partition coefficient (Wildman–Crippen LogP) is -0.149. The summed E-state index contributed by atoms with van der Waals surface area (Å²) in [5.41, 5.74) is 2.46. The van der Waals surface area contributed by atoms with E-state index in [0.717, 1.165) is 30.9 Å². The average molecular weight is 370 g/mol. The van der Waals surface area contributed by atoms with Gasteiger partial charge in [0.05, 0.1) is 12.6 Å². The van der Waals surface area contributed by atoms with E-state index in [2.05, 4.69) is 10.8 Å². The number of amides is 3. The molecule has 3 aliphatic rings. The van der Waals surface area contributed by atoms with Gasteiger partial charge in [-0.3, -0.25) is 14.5 Å². The van der Waals surface area contributed by atoms with Gasteiger partial charge in [-0.15, -0.1) is 0 Å². The zero-order valence-corrected chi connectivity index (χ0v) is 14.7. The van der Waals surface area contributed by atoms with Gasteiger partial charge in [0.25, 0.3) is 5.91 Å². The van der Waals surface area contributed by atoms with E-state index in [-0.39, 0.29) is 18.0 Å². The minimum Gasteiger partial charge on any atom is -0.479 e. The quantitative estimate of drug-likeness (QED) is 0.533.